The third kappa shape index (κ3) is 2.51. The van der Waals surface area contributed by atoms with Gasteiger partial charge in [0.1, 0.15) is 11.6 Å². The summed E-state index contributed by atoms with van der Waals surface area (Å²) in [6.45, 7) is 0. The Balaban J connectivity index is 2.33. The smallest absolute Gasteiger partial charge is 0.141 e. The molecule has 1 heterocycles. The molecule has 1 aromatic heterocycles. The number of hydrogen-bond donors (Lipinski definition) is 2. The third-order valence-electron chi connectivity index (χ3n) is 2.47. The van der Waals surface area contributed by atoms with Gasteiger partial charge in [-0.15, -0.1) is 0 Å². The van der Waals surface area contributed by atoms with Gasteiger partial charge in [-0.1, -0.05) is 6.07 Å². The first-order chi connectivity index (χ1) is 8.20. The molecule has 0 atom stereocenters. The summed E-state index contributed by atoms with van der Waals surface area (Å²) in [7, 11) is 1.85. The maximum absolute atomic E-state index is 13.1. The standard InChI is InChI=1S/C12H13FN4/c1-17(10-4-2-3-9(13)7-10)11-5-6-15-12(8-11)16-14/h2-8H,14H2,1H3,(H,15,16). The van der Waals surface area contributed by atoms with Crippen LogP contribution < -0.4 is 16.2 Å². The Labute approximate surface area is 98.9 Å². The van der Waals surface area contributed by atoms with Gasteiger partial charge >= 0.3 is 0 Å². The van der Waals surface area contributed by atoms with Crippen LogP contribution in [0, 0.1) is 5.82 Å². The maximum Gasteiger partial charge on any atom is 0.141 e. The van der Waals surface area contributed by atoms with Gasteiger partial charge in [0.05, 0.1) is 0 Å². The molecule has 5 heteroatoms. The topological polar surface area (TPSA) is 54.2 Å². The predicted molar refractivity (Wildman–Crippen MR) is 66.5 cm³/mol. The highest BCUT2D eigenvalue weighted by Gasteiger charge is 2.05. The van der Waals surface area contributed by atoms with E-state index in [0.29, 0.717) is 5.82 Å². The van der Waals surface area contributed by atoms with E-state index in [1.807, 2.05) is 24.1 Å². The van der Waals surface area contributed by atoms with Crippen LogP contribution in [0.4, 0.5) is 21.6 Å². The molecule has 0 fully saturated rings. The second-order valence-corrected chi connectivity index (χ2v) is 3.58. The van der Waals surface area contributed by atoms with Crippen LogP contribution in [0.1, 0.15) is 0 Å². The van der Waals surface area contributed by atoms with Crippen molar-refractivity contribution in [1.29, 1.82) is 0 Å². The lowest BCUT2D eigenvalue weighted by atomic mass is 10.2. The van der Waals surface area contributed by atoms with Gasteiger partial charge < -0.3 is 10.3 Å². The number of hydrazine groups is 1. The largest absolute Gasteiger partial charge is 0.344 e. The highest BCUT2D eigenvalue weighted by molar-refractivity contribution is 5.64. The molecule has 0 aliphatic rings. The maximum atomic E-state index is 13.1. The molecular weight excluding hydrogens is 219 g/mol. The Morgan fingerprint density at radius 1 is 1.24 bits per heavy atom. The van der Waals surface area contributed by atoms with Crippen molar-refractivity contribution in [3.8, 4) is 0 Å². The number of nitrogen functional groups attached to an aromatic ring is 1. The molecule has 3 N–H and O–H groups in total. The minimum absolute atomic E-state index is 0.263. The molecule has 0 saturated heterocycles. The van der Waals surface area contributed by atoms with Gasteiger partial charge in [0.15, 0.2) is 0 Å². The number of nitrogens with one attached hydrogen (secondary N) is 1. The molecule has 2 rings (SSSR count). The fourth-order valence-electron chi connectivity index (χ4n) is 1.54. The Kier molecular flexibility index (Phi) is 3.20. The Hall–Kier alpha value is -2.14. The number of nitrogens with two attached hydrogens (primary N) is 1. The summed E-state index contributed by atoms with van der Waals surface area (Å²) < 4.78 is 13.1. The average molecular weight is 232 g/mol. The van der Waals surface area contributed by atoms with Crippen LogP contribution in [0.15, 0.2) is 42.6 Å². The molecule has 0 bridgehead atoms. The molecule has 0 saturated carbocycles. The first kappa shape index (κ1) is 11.3. The van der Waals surface area contributed by atoms with Crippen LogP contribution in [-0.2, 0) is 0 Å². The second kappa shape index (κ2) is 4.80. The first-order valence-electron chi connectivity index (χ1n) is 5.12. The van der Waals surface area contributed by atoms with E-state index < -0.39 is 0 Å². The van der Waals surface area contributed by atoms with Gasteiger partial charge in [-0.05, 0) is 24.3 Å². The van der Waals surface area contributed by atoms with Gasteiger partial charge in [0.2, 0.25) is 0 Å². The van der Waals surface area contributed by atoms with Crippen LogP contribution in [0.2, 0.25) is 0 Å². The molecule has 4 nitrogen and oxygen atoms in total. The number of aromatic nitrogens is 1. The SMILES string of the molecule is CN(c1cccc(F)c1)c1ccnc(NN)c1. The molecule has 0 spiro atoms. The molecule has 88 valence electrons. The van der Waals surface area contributed by atoms with Crippen LogP contribution >= 0.6 is 0 Å². The van der Waals surface area contributed by atoms with Crippen molar-refractivity contribution < 1.29 is 4.39 Å². The van der Waals surface area contributed by atoms with Gasteiger partial charge in [-0.2, -0.15) is 0 Å². The first-order valence-corrected chi connectivity index (χ1v) is 5.12. The van der Waals surface area contributed by atoms with E-state index in [2.05, 4.69) is 10.4 Å². The lowest BCUT2D eigenvalue weighted by molar-refractivity contribution is 0.628. The summed E-state index contributed by atoms with van der Waals surface area (Å²) in [5.41, 5.74) is 4.11. The number of anilines is 3. The molecule has 2 aromatic rings. The van der Waals surface area contributed by atoms with Crippen molar-refractivity contribution in [3.63, 3.8) is 0 Å². The van der Waals surface area contributed by atoms with Crippen molar-refractivity contribution in [3.05, 3.63) is 48.4 Å². The number of halogens is 1. The molecule has 17 heavy (non-hydrogen) atoms. The summed E-state index contributed by atoms with van der Waals surface area (Å²) >= 11 is 0. The minimum atomic E-state index is -0.263. The second-order valence-electron chi connectivity index (χ2n) is 3.58. The third-order valence-corrected chi connectivity index (χ3v) is 2.47. The van der Waals surface area contributed by atoms with E-state index in [4.69, 9.17) is 5.84 Å². The van der Waals surface area contributed by atoms with Gasteiger partial charge in [-0.25, -0.2) is 15.2 Å². The Bertz CT molecular complexity index is 515. The molecule has 0 radical (unpaired) electrons. The van der Waals surface area contributed by atoms with Crippen LogP contribution in [0.5, 0.6) is 0 Å². The summed E-state index contributed by atoms with van der Waals surface area (Å²) in [5.74, 6) is 5.59. The van der Waals surface area contributed by atoms with Crippen LogP contribution in [0.25, 0.3) is 0 Å². The molecule has 0 amide bonds. The van der Waals surface area contributed by atoms with E-state index in [1.54, 1.807) is 18.3 Å². The van der Waals surface area contributed by atoms with Crippen LogP contribution in [0.3, 0.4) is 0 Å². The molecule has 0 unspecified atom stereocenters. The predicted octanol–water partition coefficient (Wildman–Crippen LogP) is 2.27. The normalized spacial score (nSPS) is 10.1. The zero-order chi connectivity index (χ0) is 12.3. The zero-order valence-electron chi connectivity index (χ0n) is 9.39. The van der Waals surface area contributed by atoms with E-state index in [9.17, 15) is 4.39 Å². The fourth-order valence-corrected chi connectivity index (χ4v) is 1.54. The van der Waals surface area contributed by atoms with E-state index >= 15 is 0 Å². The van der Waals surface area contributed by atoms with Crippen molar-refractivity contribution in [2.24, 2.45) is 5.84 Å². The number of rotatable bonds is 3. The molecular formula is C12H13FN4. The fraction of sp³-hybridized carbons (Fsp3) is 0.0833. The van der Waals surface area contributed by atoms with Gasteiger partial charge in [0.25, 0.3) is 0 Å². The summed E-state index contributed by atoms with van der Waals surface area (Å²) in [6, 6.07) is 9.99. The number of nitrogens with zero attached hydrogens (tertiary/aromatic N) is 2. The summed E-state index contributed by atoms with van der Waals surface area (Å²) in [4.78, 5) is 5.87. The molecule has 0 aliphatic heterocycles. The zero-order valence-corrected chi connectivity index (χ0v) is 9.39. The van der Waals surface area contributed by atoms with Gasteiger partial charge in [0, 0.05) is 30.7 Å². The molecule has 0 aliphatic carbocycles. The quantitative estimate of drug-likeness (QED) is 0.629. The summed E-state index contributed by atoms with van der Waals surface area (Å²) in [6.07, 6.45) is 1.64. The number of pyridine rings is 1. The van der Waals surface area contributed by atoms with E-state index in [0.717, 1.165) is 11.4 Å². The highest BCUT2D eigenvalue weighted by Crippen LogP contribution is 2.24. The van der Waals surface area contributed by atoms with Crippen molar-refractivity contribution >= 4 is 17.2 Å². The Morgan fingerprint density at radius 3 is 2.71 bits per heavy atom. The minimum Gasteiger partial charge on any atom is -0.344 e. The van der Waals surface area contributed by atoms with Crippen molar-refractivity contribution in [2.45, 2.75) is 0 Å². The average Bonchev–Trinajstić information content (AvgIpc) is 2.38. The van der Waals surface area contributed by atoms with Gasteiger partial charge in [-0.3, -0.25) is 0 Å². The van der Waals surface area contributed by atoms with Crippen LogP contribution in [-0.4, -0.2) is 12.0 Å². The highest BCUT2D eigenvalue weighted by atomic mass is 19.1. The number of hydrogen-bond acceptors (Lipinski definition) is 4. The Morgan fingerprint density at radius 2 is 2.00 bits per heavy atom. The monoisotopic (exact) mass is 232 g/mol. The lowest BCUT2D eigenvalue weighted by Gasteiger charge is -2.19. The molecule has 1 aromatic carbocycles. The van der Waals surface area contributed by atoms with E-state index in [1.165, 1.54) is 12.1 Å². The summed E-state index contributed by atoms with van der Waals surface area (Å²) in [5, 5.41) is 0. The van der Waals surface area contributed by atoms with E-state index in [-0.39, 0.29) is 5.82 Å². The lowest BCUT2D eigenvalue weighted by Crippen LogP contribution is -2.12. The van der Waals surface area contributed by atoms with Crippen molar-refractivity contribution in [1.82, 2.24) is 4.98 Å². The van der Waals surface area contributed by atoms with Crippen molar-refractivity contribution in [2.75, 3.05) is 17.4 Å². The number of benzene rings is 1.